The molecule has 3 nitrogen and oxygen atoms in total. The van der Waals surface area contributed by atoms with Gasteiger partial charge in [-0.3, -0.25) is 9.69 Å². The summed E-state index contributed by atoms with van der Waals surface area (Å²) in [4.78, 5) is 14.7. The Balaban J connectivity index is 2.11. The zero-order chi connectivity index (χ0) is 14.8. The molecule has 0 amide bonds. The molecular formula is C15H20BrFN2O. The van der Waals surface area contributed by atoms with Crippen molar-refractivity contribution in [3.05, 3.63) is 34.1 Å². The van der Waals surface area contributed by atoms with Crippen LogP contribution < -0.4 is 5.32 Å². The molecule has 1 aliphatic rings. The zero-order valence-corrected chi connectivity index (χ0v) is 13.5. The second-order valence-corrected chi connectivity index (χ2v) is 6.55. The number of rotatable bonds is 4. The first-order chi connectivity index (χ1) is 9.41. The normalized spacial score (nSPS) is 17.2. The van der Waals surface area contributed by atoms with Crippen molar-refractivity contribution in [2.24, 2.45) is 0 Å². The first-order valence-electron chi connectivity index (χ1n) is 6.84. The number of hydrogen-bond donors (Lipinski definition) is 1. The molecule has 2 rings (SSSR count). The lowest BCUT2D eigenvalue weighted by molar-refractivity contribution is -0.129. The standard InChI is InChI=1S/C15H20BrFN2O/c1-15(2,19-7-5-18-6-8-19)14(20)10-11-9-12(16)3-4-13(11)17/h3-4,9,18H,5-8,10H2,1-2H3. The average Bonchev–Trinajstić information content (AvgIpc) is 2.43. The fourth-order valence-corrected chi connectivity index (χ4v) is 2.88. The van der Waals surface area contributed by atoms with Crippen LogP contribution in [0.4, 0.5) is 4.39 Å². The molecule has 1 fully saturated rings. The Morgan fingerprint density at radius 3 is 2.70 bits per heavy atom. The number of piperazine rings is 1. The average molecular weight is 343 g/mol. The van der Waals surface area contributed by atoms with E-state index in [4.69, 9.17) is 0 Å². The van der Waals surface area contributed by atoms with Crippen LogP contribution in [0.25, 0.3) is 0 Å². The molecule has 1 aliphatic heterocycles. The summed E-state index contributed by atoms with van der Waals surface area (Å²) in [5.74, 6) is -0.269. The summed E-state index contributed by atoms with van der Waals surface area (Å²) in [5.41, 5.74) is -0.107. The highest BCUT2D eigenvalue weighted by atomic mass is 79.9. The van der Waals surface area contributed by atoms with Crippen LogP contribution in [-0.4, -0.2) is 42.4 Å². The summed E-state index contributed by atoms with van der Waals surface area (Å²) >= 11 is 3.32. The van der Waals surface area contributed by atoms with Gasteiger partial charge >= 0.3 is 0 Å². The molecule has 0 unspecified atom stereocenters. The van der Waals surface area contributed by atoms with Crippen LogP contribution in [0.2, 0.25) is 0 Å². The first kappa shape index (κ1) is 15.6. The molecule has 0 aromatic heterocycles. The van der Waals surface area contributed by atoms with E-state index >= 15 is 0 Å². The topological polar surface area (TPSA) is 32.3 Å². The maximum Gasteiger partial charge on any atom is 0.156 e. The predicted molar refractivity (Wildman–Crippen MR) is 81.3 cm³/mol. The fraction of sp³-hybridized carbons (Fsp3) is 0.533. The molecule has 1 saturated heterocycles. The van der Waals surface area contributed by atoms with Gasteiger partial charge in [0.1, 0.15) is 5.82 Å². The van der Waals surface area contributed by atoms with Gasteiger partial charge in [-0.15, -0.1) is 0 Å². The number of benzene rings is 1. The highest BCUT2D eigenvalue weighted by Gasteiger charge is 2.34. The third-order valence-electron chi connectivity index (χ3n) is 3.95. The third-order valence-corrected chi connectivity index (χ3v) is 4.44. The van der Waals surface area contributed by atoms with Crippen LogP contribution in [0, 0.1) is 5.82 Å². The van der Waals surface area contributed by atoms with Crippen molar-refractivity contribution in [2.75, 3.05) is 26.2 Å². The SMILES string of the molecule is CC(C)(C(=O)Cc1cc(Br)ccc1F)N1CCNCC1. The minimum Gasteiger partial charge on any atom is -0.314 e. The van der Waals surface area contributed by atoms with E-state index in [1.54, 1.807) is 12.1 Å². The Morgan fingerprint density at radius 1 is 1.40 bits per heavy atom. The van der Waals surface area contributed by atoms with Crippen molar-refractivity contribution < 1.29 is 9.18 Å². The van der Waals surface area contributed by atoms with Crippen molar-refractivity contribution in [3.8, 4) is 0 Å². The fourth-order valence-electron chi connectivity index (χ4n) is 2.47. The number of hydrogen-bond acceptors (Lipinski definition) is 3. The Morgan fingerprint density at radius 2 is 2.05 bits per heavy atom. The minimum atomic E-state index is -0.559. The summed E-state index contributed by atoms with van der Waals surface area (Å²) in [6, 6.07) is 4.72. The maximum absolute atomic E-state index is 13.8. The van der Waals surface area contributed by atoms with E-state index < -0.39 is 5.54 Å². The first-order valence-corrected chi connectivity index (χ1v) is 7.63. The zero-order valence-electron chi connectivity index (χ0n) is 11.9. The molecule has 1 aromatic rings. The van der Waals surface area contributed by atoms with E-state index in [0.29, 0.717) is 5.56 Å². The van der Waals surface area contributed by atoms with Crippen molar-refractivity contribution in [2.45, 2.75) is 25.8 Å². The van der Waals surface area contributed by atoms with E-state index in [2.05, 4.69) is 26.1 Å². The van der Waals surface area contributed by atoms with Gasteiger partial charge in [0.05, 0.1) is 5.54 Å². The predicted octanol–water partition coefficient (Wildman–Crippen LogP) is 2.38. The third kappa shape index (κ3) is 3.45. The van der Waals surface area contributed by atoms with E-state index in [-0.39, 0.29) is 18.0 Å². The summed E-state index contributed by atoms with van der Waals surface area (Å²) in [7, 11) is 0. The van der Waals surface area contributed by atoms with Crippen molar-refractivity contribution >= 4 is 21.7 Å². The molecule has 0 saturated carbocycles. The van der Waals surface area contributed by atoms with Gasteiger partial charge in [-0.1, -0.05) is 15.9 Å². The number of carbonyl (C=O) groups excluding carboxylic acids is 1. The molecular weight excluding hydrogens is 323 g/mol. The van der Waals surface area contributed by atoms with Gasteiger partial charge in [0.2, 0.25) is 0 Å². The minimum absolute atomic E-state index is 0.0522. The van der Waals surface area contributed by atoms with Gasteiger partial charge < -0.3 is 5.32 Å². The Bertz CT molecular complexity index is 499. The van der Waals surface area contributed by atoms with Gasteiger partial charge in [0.15, 0.2) is 5.78 Å². The van der Waals surface area contributed by atoms with Crippen molar-refractivity contribution in [3.63, 3.8) is 0 Å². The highest BCUT2D eigenvalue weighted by molar-refractivity contribution is 9.10. The molecule has 1 aromatic carbocycles. The Kier molecular flexibility index (Phi) is 4.94. The van der Waals surface area contributed by atoms with E-state index in [1.807, 2.05) is 13.8 Å². The number of Topliss-reactive ketones (excluding diaryl/α,β-unsaturated/α-hetero) is 1. The van der Waals surface area contributed by atoms with E-state index in [1.165, 1.54) is 6.07 Å². The number of carbonyl (C=O) groups is 1. The largest absolute Gasteiger partial charge is 0.314 e. The molecule has 0 spiro atoms. The van der Waals surface area contributed by atoms with Crippen LogP contribution in [-0.2, 0) is 11.2 Å². The lowest BCUT2D eigenvalue weighted by Crippen LogP contribution is -2.57. The summed E-state index contributed by atoms with van der Waals surface area (Å²) in [5, 5.41) is 3.27. The van der Waals surface area contributed by atoms with Gasteiger partial charge in [0, 0.05) is 37.1 Å². The van der Waals surface area contributed by atoms with Crippen molar-refractivity contribution in [1.82, 2.24) is 10.2 Å². The number of ketones is 1. The summed E-state index contributed by atoms with van der Waals surface area (Å²) in [6.45, 7) is 7.33. The van der Waals surface area contributed by atoms with Gasteiger partial charge in [-0.05, 0) is 37.6 Å². The number of nitrogens with zero attached hydrogens (tertiary/aromatic N) is 1. The highest BCUT2D eigenvalue weighted by Crippen LogP contribution is 2.22. The molecule has 0 atom stereocenters. The second-order valence-electron chi connectivity index (χ2n) is 5.63. The van der Waals surface area contributed by atoms with Crippen molar-refractivity contribution in [1.29, 1.82) is 0 Å². The van der Waals surface area contributed by atoms with Crippen LogP contribution in [0.3, 0.4) is 0 Å². The monoisotopic (exact) mass is 342 g/mol. The van der Waals surface area contributed by atoms with Crippen LogP contribution in [0.15, 0.2) is 22.7 Å². The molecule has 1 N–H and O–H groups in total. The number of nitrogens with one attached hydrogen (secondary N) is 1. The lowest BCUT2D eigenvalue weighted by atomic mass is 9.91. The Labute approximate surface area is 127 Å². The quantitative estimate of drug-likeness (QED) is 0.911. The van der Waals surface area contributed by atoms with Crippen LogP contribution in [0.5, 0.6) is 0 Å². The molecule has 0 aliphatic carbocycles. The van der Waals surface area contributed by atoms with E-state index in [9.17, 15) is 9.18 Å². The van der Waals surface area contributed by atoms with E-state index in [0.717, 1.165) is 30.7 Å². The molecule has 1 heterocycles. The molecule has 0 radical (unpaired) electrons. The number of halogens is 2. The molecule has 0 bridgehead atoms. The molecule has 110 valence electrons. The Hall–Kier alpha value is -0.780. The van der Waals surface area contributed by atoms with Crippen LogP contribution >= 0.6 is 15.9 Å². The summed E-state index contributed by atoms with van der Waals surface area (Å²) < 4.78 is 14.6. The van der Waals surface area contributed by atoms with Gasteiger partial charge in [0.25, 0.3) is 0 Å². The molecule has 5 heteroatoms. The summed E-state index contributed by atoms with van der Waals surface area (Å²) in [6.07, 6.45) is 0.127. The smallest absolute Gasteiger partial charge is 0.156 e. The van der Waals surface area contributed by atoms with Gasteiger partial charge in [-0.2, -0.15) is 0 Å². The molecule has 20 heavy (non-hydrogen) atoms. The van der Waals surface area contributed by atoms with Crippen LogP contribution in [0.1, 0.15) is 19.4 Å². The maximum atomic E-state index is 13.8. The van der Waals surface area contributed by atoms with Gasteiger partial charge in [-0.25, -0.2) is 4.39 Å². The second kappa shape index (κ2) is 6.33. The lowest BCUT2D eigenvalue weighted by Gasteiger charge is -2.40.